The Hall–Kier alpha value is -0.710. The zero-order chi connectivity index (χ0) is 12.4. The zero-order valence-corrected chi connectivity index (χ0v) is 10.9. The molecule has 1 N–H and O–H groups in total. The van der Waals surface area contributed by atoms with Crippen molar-refractivity contribution in [2.24, 2.45) is 0 Å². The third-order valence-corrected chi connectivity index (χ3v) is 1.56. The monoisotopic (exact) mass is 235 g/mol. The van der Waals surface area contributed by atoms with Gasteiger partial charge in [-0.1, -0.05) is 13.8 Å². The highest BCUT2D eigenvalue weighted by Crippen LogP contribution is 1.96. The quantitative estimate of drug-likeness (QED) is 0.572. The van der Waals surface area contributed by atoms with Crippen molar-refractivity contribution < 1.29 is 14.3 Å². The summed E-state index contributed by atoms with van der Waals surface area (Å²) in [6, 6.07) is -0.650. The summed E-state index contributed by atoms with van der Waals surface area (Å²) in [6.45, 7) is 8.85. The lowest BCUT2D eigenvalue weighted by molar-refractivity contribution is -0.150. The van der Waals surface area contributed by atoms with Crippen LogP contribution in [0.3, 0.4) is 0 Å². The topological polar surface area (TPSA) is 55.4 Å². The lowest BCUT2D eigenvalue weighted by Gasteiger charge is -2.16. The van der Waals surface area contributed by atoms with Crippen LogP contribution in [0.5, 0.6) is 0 Å². The van der Waals surface area contributed by atoms with Gasteiger partial charge >= 0.3 is 5.97 Å². The van der Waals surface area contributed by atoms with Gasteiger partial charge < -0.3 is 10.1 Å². The van der Waals surface area contributed by atoms with Gasteiger partial charge in [0.25, 0.3) is 0 Å². The first-order valence-electron chi connectivity index (χ1n) is 5.05. The van der Waals surface area contributed by atoms with Crippen molar-refractivity contribution in [1.29, 1.82) is 0 Å². The van der Waals surface area contributed by atoms with Crippen molar-refractivity contribution in [3.05, 3.63) is 0 Å². The Bertz CT molecular complexity index is 195. The summed E-state index contributed by atoms with van der Waals surface area (Å²) in [7, 11) is 0. The van der Waals surface area contributed by atoms with Crippen LogP contribution < -0.4 is 5.32 Å². The zero-order valence-electron chi connectivity index (χ0n) is 10.0. The molecule has 4 nitrogen and oxygen atoms in total. The Morgan fingerprint density at radius 3 is 2.07 bits per heavy atom. The fourth-order valence-electron chi connectivity index (χ4n) is 0.739. The highest BCUT2D eigenvalue weighted by Gasteiger charge is 2.19. The van der Waals surface area contributed by atoms with E-state index in [1.165, 1.54) is 6.92 Å². The number of amides is 1. The number of hydrogen-bond donors (Lipinski definition) is 2. The van der Waals surface area contributed by atoms with Gasteiger partial charge in [0.15, 0.2) is 0 Å². The van der Waals surface area contributed by atoms with Gasteiger partial charge in [-0.05, 0) is 13.8 Å². The SMILES string of the molecule is CC.CC(=O)NC(CS)C(=O)OC(C)C. The van der Waals surface area contributed by atoms with E-state index in [-0.39, 0.29) is 17.8 Å². The molecule has 90 valence electrons. The minimum Gasteiger partial charge on any atom is -0.461 e. The Morgan fingerprint density at radius 2 is 1.80 bits per heavy atom. The number of hydrogen-bond acceptors (Lipinski definition) is 4. The van der Waals surface area contributed by atoms with Crippen LogP contribution >= 0.6 is 12.6 Å². The molecule has 1 unspecified atom stereocenters. The minimum absolute atomic E-state index is 0.177. The van der Waals surface area contributed by atoms with Crippen LogP contribution in [0.1, 0.15) is 34.6 Å². The molecule has 5 heteroatoms. The van der Waals surface area contributed by atoms with Crippen molar-refractivity contribution in [3.8, 4) is 0 Å². The molecule has 0 saturated heterocycles. The molecule has 0 fully saturated rings. The van der Waals surface area contributed by atoms with Crippen molar-refractivity contribution in [2.75, 3.05) is 5.75 Å². The third-order valence-electron chi connectivity index (χ3n) is 1.20. The third kappa shape index (κ3) is 9.59. The number of carbonyl (C=O) groups is 2. The average molecular weight is 235 g/mol. The average Bonchev–Trinajstić information content (AvgIpc) is 2.15. The molecule has 0 heterocycles. The van der Waals surface area contributed by atoms with Crippen molar-refractivity contribution in [1.82, 2.24) is 5.32 Å². The van der Waals surface area contributed by atoms with Gasteiger partial charge in [-0.3, -0.25) is 4.79 Å². The molecule has 0 spiro atoms. The Kier molecular flexibility index (Phi) is 11.0. The van der Waals surface area contributed by atoms with Crippen LogP contribution in [0.25, 0.3) is 0 Å². The van der Waals surface area contributed by atoms with E-state index in [0.717, 1.165) is 0 Å². The summed E-state index contributed by atoms with van der Waals surface area (Å²) in [4.78, 5) is 21.9. The smallest absolute Gasteiger partial charge is 0.329 e. The number of nitrogens with one attached hydrogen (secondary N) is 1. The van der Waals surface area contributed by atoms with Crippen molar-refractivity contribution in [3.63, 3.8) is 0 Å². The van der Waals surface area contributed by atoms with E-state index >= 15 is 0 Å². The van der Waals surface area contributed by atoms with Crippen molar-refractivity contribution in [2.45, 2.75) is 46.8 Å². The Labute approximate surface area is 97.2 Å². The Balaban J connectivity index is 0. The maximum absolute atomic E-state index is 11.2. The molecule has 0 aliphatic carbocycles. The van der Waals surface area contributed by atoms with E-state index in [4.69, 9.17) is 4.74 Å². The fourth-order valence-corrected chi connectivity index (χ4v) is 0.979. The van der Waals surface area contributed by atoms with Gasteiger partial charge in [-0.25, -0.2) is 4.79 Å². The fraction of sp³-hybridized carbons (Fsp3) is 0.800. The van der Waals surface area contributed by atoms with Gasteiger partial charge in [0.2, 0.25) is 5.91 Å². The highest BCUT2D eigenvalue weighted by atomic mass is 32.1. The molecule has 0 aromatic rings. The number of rotatable bonds is 4. The van der Waals surface area contributed by atoms with E-state index < -0.39 is 12.0 Å². The molecule has 1 atom stereocenters. The molecule has 0 saturated carbocycles. The largest absolute Gasteiger partial charge is 0.461 e. The molecule has 15 heavy (non-hydrogen) atoms. The summed E-state index contributed by atoms with van der Waals surface area (Å²) in [5.41, 5.74) is 0. The molecule has 1 amide bonds. The lowest BCUT2D eigenvalue weighted by atomic mass is 10.3. The van der Waals surface area contributed by atoms with Crippen LogP contribution in [0, 0.1) is 0 Å². The second-order valence-electron chi connectivity index (χ2n) is 2.92. The number of carbonyl (C=O) groups excluding carboxylic acids is 2. The van der Waals surface area contributed by atoms with Gasteiger partial charge in [0.05, 0.1) is 6.10 Å². The molecule has 0 radical (unpaired) electrons. The predicted octanol–water partition coefficient (Wildman–Crippen LogP) is 1.40. The molecule has 0 aromatic carbocycles. The molecule has 0 aliphatic heterocycles. The van der Waals surface area contributed by atoms with E-state index in [2.05, 4.69) is 17.9 Å². The van der Waals surface area contributed by atoms with Gasteiger partial charge in [0, 0.05) is 12.7 Å². The molecule has 0 bridgehead atoms. The summed E-state index contributed by atoms with van der Waals surface area (Å²) >= 11 is 3.94. The first kappa shape index (κ1) is 16.7. The maximum Gasteiger partial charge on any atom is 0.329 e. The number of ether oxygens (including phenoxy) is 1. The van der Waals surface area contributed by atoms with E-state index in [0.29, 0.717) is 0 Å². The van der Waals surface area contributed by atoms with Gasteiger partial charge in [-0.15, -0.1) is 0 Å². The number of thiol groups is 1. The summed E-state index contributed by atoms with van der Waals surface area (Å²) in [6.07, 6.45) is -0.177. The van der Waals surface area contributed by atoms with Gasteiger partial charge in [0.1, 0.15) is 6.04 Å². The normalized spacial score (nSPS) is 11.1. The van der Waals surface area contributed by atoms with Crippen molar-refractivity contribution >= 4 is 24.5 Å². The van der Waals surface area contributed by atoms with Gasteiger partial charge in [-0.2, -0.15) is 12.6 Å². The first-order chi connectivity index (χ1) is 6.97. The minimum atomic E-state index is -0.650. The number of esters is 1. The van der Waals surface area contributed by atoms with E-state index in [1.54, 1.807) is 13.8 Å². The molecule has 0 aliphatic rings. The van der Waals surface area contributed by atoms with Crippen LogP contribution in [0.4, 0.5) is 0 Å². The summed E-state index contributed by atoms with van der Waals surface area (Å²) < 4.78 is 4.90. The Morgan fingerprint density at radius 1 is 1.33 bits per heavy atom. The summed E-state index contributed by atoms with van der Waals surface area (Å²) in [5.74, 6) is -0.467. The molecular weight excluding hydrogens is 214 g/mol. The molecule has 0 aromatic heterocycles. The van der Waals surface area contributed by atoms with Crippen LogP contribution in [-0.2, 0) is 14.3 Å². The molecule has 0 rings (SSSR count). The first-order valence-corrected chi connectivity index (χ1v) is 5.69. The standard InChI is InChI=1S/C8H15NO3S.C2H6/c1-5(2)12-8(11)7(4-13)9-6(3)10;1-2/h5,7,13H,4H2,1-3H3,(H,9,10);1-2H3. The van der Waals surface area contributed by atoms with E-state index in [9.17, 15) is 9.59 Å². The maximum atomic E-state index is 11.2. The van der Waals surface area contributed by atoms with E-state index in [1.807, 2.05) is 13.8 Å². The van der Waals surface area contributed by atoms with Crippen LogP contribution in [-0.4, -0.2) is 29.8 Å². The second kappa shape index (κ2) is 9.83. The molecular formula is C10H21NO3S. The highest BCUT2D eigenvalue weighted by molar-refractivity contribution is 7.80. The predicted molar refractivity (Wildman–Crippen MR) is 64.0 cm³/mol. The summed E-state index contributed by atoms with van der Waals surface area (Å²) in [5, 5.41) is 2.44. The van der Waals surface area contributed by atoms with Crippen LogP contribution in [0.15, 0.2) is 0 Å². The second-order valence-corrected chi connectivity index (χ2v) is 3.29. The van der Waals surface area contributed by atoms with Crippen LogP contribution in [0.2, 0.25) is 0 Å². The lowest BCUT2D eigenvalue weighted by Crippen LogP contribution is -2.42.